The largest absolute Gasteiger partial charge is 0.463 e. The number of cyclic esters (lactones) is 1. The molecule has 0 spiro atoms. The maximum Gasteiger partial charge on any atom is 0.357 e. The van der Waals surface area contributed by atoms with Crippen molar-refractivity contribution in [2.45, 2.75) is 18.4 Å². The zero-order chi connectivity index (χ0) is 27.7. The molecule has 1 aliphatic rings. The van der Waals surface area contributed by atoms with Gasteiger partial charge in [-0.25, -0.2) is 19.0 Å². The highest BCUT2D eigenvalue weighted by Gasteiger charge is 2.58. The van der Waals surface area contributed by atoms with E-state index in [9.17, 15) is 14.0 Å². The van der Waals surface area contributed by atoms with Crippen LogP contribution in [0.5, 0.6) is 0 Å². The topological polar surface area (TPSA) is 80.8 Å². The Bertz CT molecular complexity index is 1690. The Morgan fingerprint density at radius 2 is 1.50 bits per heavy atom. The first-order chi connectivity index (χ1) is 19.5. The van der Waals surface area contributed by atoms with Crippen molar-refractivity contribution in [1.82, 2.24) is 4.98 Å². The number of benzene rings is 4. The molecular formula is C33H25FN2O4. The second-order valence-electron chi connectivity index (χ2n) is 9.46. The number of H-pyrrole nitrogens is 1. The number of hydrogen-bond acceptors (Lipinski definition) is 5. The maximum atomic E-state index is 13.9. The van der Waals surface area contributed by atoms with Gasteiger partial charge in [0.2, 0.25) is 5.90 Å². The molecule has 0 saturated carbocycles. The molecule has 198 valence electrons. The molecule has 0 amide bonds. The Labute approximate surface area is 230 Å². The number of para-hydroxylation sites is 1. The minimum atomic E-state index is -2.14. The first kappa shape index (κ1) is 25.2. The van der Waals surface area contributed by atoms with Gasteiger partial charge in [0.15, 0.2) is 0 Å². The van der Waals surface area contributed by atoms with Crippen molar-refractivity contribution in [3.05, 3.63) is 143 Å². The lowest BCUT2D eigenvalue weighted by Crippen LogP contribution is -2.42. The van der Waals surface area contributed by atoms with Crippen LogP contribution in [0.15, 0.2) is 114 Å². The molecule has 1 unspecified atom stereocenters. The van der Waals surface area contributed by atoms with Crippen LogP contribution in [0.3, 0.4) is 0 Å². The average Bonchev–Trinajstić information content (AvgIpc) is 3.53. The van der Waals surface area contributed by atoms with Crippen LogP contribution in [0.4, 0.5) is 4.39 Å². The predicted octanol–water partition coefficient (Wildman–Crippen LogP) is 6.25. The van der Waals surface area contributed by atoms with Crippen LogP contribution in [0.1, 0.15) is 40.8 Å². The Hall–Kier alpha value is -5.04. The molecule has 1 N–H and O–H groups in total. The van der Waals surface area contributed by atoms with Crippen LogP contribution < -0.4 is 0 Å². The number of nitrogens with one attached hydrogen (secondary N) is 1. The first-order valence-electron chi connectivity index (χ1n) is 13.0. The third-order valence-corrected chi connectivity index (χ3v) is 7.07. The van der Waals surface area contributed by atoms with E-state index < -0.39 is 23.3 Å². The van der Waals surface area contributed by atoms with Gasteiger partial charge in [-0.05, 0) is 48.4 Å². The Kier molecular flexibility index (Phi) is 6.48. The van der Waals surface area contributed by atoms with Gasteiger partial charge in [-0.2, -0.15) is 0 Å². The molecular weight excluding hydrogens is 507 g/mol. The van der Waals surface area contributed by atoms with Gasteiger partial charge in [-0.3, -0.25) is 0 Å². The molecule has 0 radical (unpaired) electrons. The van der Waals surface area contributed by atoms with Gasteiger partial charge in [0, 0.05) is 33.6 Å². The lowest BCUT2D eigenvalue weighted by molar-refractivity contribution is -0.158. The highest BCUT2D eigenvalue weighted by Crippen LogP contribution is 2.46. The molecule has 0 aliphatic carbocycles. The molecule has 1 aliphatic heterocycles. The number of aromatic amines is 1. The summed E-state index contributed by atoms with van der Waals surface area (Å²) >= 11 is 0. The molecule has 6 nitrogen and oxygen atoms in total. The number of fused-ring (bicyclic) bond motifs is 1. The lowest BCUT2D eigenvalue weighted by atomic mass is 9.80. The van der Waals surface area contributed by atoms with Gasteiger partial charge in [-0.15, -0.1) is 0 Å². The predicted molar refractivity (Wildman–Crippen MR) is 149 cm³/mol. The van der Waals surface area contributed by atoms with Gasteiger partial charge in [0.25, 0.3) is 5.54 Å². The summed E-state index contributed by atoms with van der Waals surface area (Å²) < 4.78 is 24.8. The van der Waals surface area contributed by atoms with E-state index in [0.717, 1.165) is 16.6 Å². The number of ether oxygens (including phenoxy) is 2. The van der Waals surface area contributed by atoms with Crippen LogP contribution in [0.25, 0.3) is 10.9 Å². The molecule has 40 heavy (non-hydrogen) atoms. The first-order valence-corrected chi connectivity index (χ1v) is 13.0. The van der Waals surface area contributed by atoms with Crippen molar-refractivity contribution in [2.75, 3.05) is 6.61 Å². The third-order valence-electron chi connectivity index (χ3n) is 7.07. The number of aliphatic imine (C=N–C) groups is 1. The molecule has 0 fully saturated rings. The molecule has 2 heterocycles. The summed E-state index contributed by atoms with van der Waals surface area (Å²) in [5.74, 6) is -2.63. The summed E-state index contributed by atoms with van der Waals surface area (Å²) in [6.45, 7) is 1.71. The summed E-state index contributed by atoms with van der Waals surface area (Å²) in [4.78, 5) is 36.0. The van der Waals surface area contributed by atoms with Crippen molar-refractivity contribution >= 4 is 28.7 Å². The number of carbonyl (C=O) groups excluding carboxylic acids is 2. The summed E-state index contributed by atoms with van der Waals surface area (Å²) in [6.07, 6.45) is 0. The van der Waals surface area contributed by atoms with Crippen molar-refractivity contribution in [3.8, 4) is 0 Å². The highest BCUT2D eigenvalue weighted by atomic mass is 19.1. The van der Waals surface area contributed by atoms with Crippen molar-refractivity contribution in [1.29, 1.82) is 0 Å². The number of esters is 2. The molecule has 6 rings (SSSR count). The zero-order valence-corrected chi connectivity index (χ0v) is 21.6. The molecule has 1 aromatic heterocycles. The molecule has 4 aromatic carbocycles. The maximum absolute atomic E-state index is 13.9. The van der Waals surface area contributed by atoms with E-state index in [0.29, 0.717) is 22.2 Å². The lowest BCUT2D eigenvalue weighted by Gasteiger charge is -2.25. The van der Waals surface area contributed by atoms with Gasteiger partial charge in [0.1, 0.15) is 5.82 Å². The summed E-state index contributed by atoms with van der Waals surface area (Å²) in [5, 5.41) is 0.642. The fourth-order valence-corrected chi connectivity index (χ4v) is 5.31. The second kappa shape index (κ2) is 10.3. The summed E-state index contributed by atoms with van der Waals surface area (Å²) in [5.41, 5.74) is 1.84. The van der Waals surface area contributed by atoms with Crippen molar-refractivity contribution in [2.24, 2.45) is 4.99 Å². The van der Waals surface area contributed by atoms with Gasteiger partial charge < -0.3 is 14.5 Å². The van der Waals surface area contributed by atoms with Crippen molar-refractivity contribution < 1.29 is 23.5 Å². The van der Waals surface area contributed by atoms with Crippen LogP contribution in [0, 0.1) is 5.82 Å². The second-order valence-corrected chi connectivity index (χ2v) is 9.46. The van der Waals surface area contributed by atoms with E-state index in [1.54, 1.807) is 6.92 Å². The number of rotatable bonds is 7. The minimum Gasteiger partial charge on any atom is -0.463 e. The smallest absolute Gasteiger partial charge is 0.357 e. The van der Waals surface area contributed by atoms with E-state index in [-0.39, 0.29) is 18.4 Å². The standard InChI is InChI=1S/C33H25FN2O4/c1-2-39-31(37)33(32(38)40-30(36-33)23-17-19-24(34)20-18-23)28-25-15-9-10-16-26(25)35-29(28)27(21-11-5-3-6-12-21)22-13-7-4-8-14-22/h3-20,27,35H,2H2,1H3. The van der Waals surface area contributed by atoms with Crippen LogP contribution >= 0.6 is 0 Å². The number of hydrogen-bond donors (Lipinski definition) is 1. The van der Waals surface area contributed by atoms with E-state index in [1.807, 2.05) is 84.9 Å². The number of halogens is 1. The average molecular weight is 533 g/mol. The molecule has 5 aromatic rings. The quantitative estimate of drug-likeness (QED) is 0.199. The number of aromatic nitrogens is 1. The van der Waals surface area contributed by atoms with Crippen molar-refractivity contribution in [3.63, 3.8) is 0 Å². The van der Waals surface area contributed by atoms with Crippen LogP contribution in [-0.4, -0.2) is 29.4 Å². The monoisotopic (exact) mass is 532 g/mol. The molecule has 0 saturated heterocycles. The molecule has 0 bridgehead atoms. The SMILES string of the molecule is CCOC(=O)C1(c2c(C(c3ccccc3)c3ccccc3)[nH]c3ccccc23)N=C(c2ccc(F)cc2)OC1=O. The van der Waals surface area contributed by atoms with E-state index in [1.165, 1.54) is 24.3 Å². The van der Waals surface area contributed by atoms with Gasteiger partial charge >= 0.3 is 11.9 Å². The van der Waals surface area contributed by atoms with Gasteiger partial charge in [-0.1, -0.05) is 78.9 Å². The Balaban J connectivity index is 1.68. The minimum absolute atomic E-state index is 0.0355. The van der Waals surface area contributed by atoms with E-state index >= 15 is 0 Å². The normalized spacial score (nSPS) is 16.7. The fraction of sp³-hybridized carbons (Fsp3) is 0.121. The molecule has 7 heteroatoms. The summed E-state index contributed by atoms with van der Waals surface area (Å²) in [7, 11) is 0. The fourth-order valence-electron chi connectivity index (χ4n) is 5.31. The summed E-state index contributed by atoms with van der Waals surface area (Å²) in [6, 6.07) is 32.5. The molecule has 1 atom stereocenters. The van der Waals surface area contributed by atoms with Gasteiger partial charge in [0.05, 0.1) is 6.61 Å². The third kappa shape index (κ3) is 4.16. The van der Waals surface area contributed by atoms with E-state index in [4.69, 9.17) is 9.47 Å². The zero-order valence-electron chi connectivity index (χ0n) is 21.6. The number of carbonyl (C=O) groups is 2. The highest BCUT2D eigenvalue weighted by molar-refractivity contribution is 6.19. The van der Waals surface area contributed by atoms with Crippen LogP contribution in [-0.2, 0) is 24.6 Å². The van der Waals surface area contributed by atoms with Crippen LogP contribution in [0.2, 0.25) is 0 Å². The Morgan fingerprint density at radius 3 is 2.12 bits per heavy atom. The number of nitrogens with zero attached hydrogens (tertiary/aromatic N) is 1. The Morgan fingerprint density at radius 1 is 0.900 bits per heavy atom. The van der Waals surface area contributed by atoms with E-state index in [2.05, 4.69) is 9.98 Å².